The smallest absolute Gasteiger partial charge is 0.0485 e. The van der Waals surface area contributed by atoms with Crippen molar-refractivity contribution in [1.82, 2.24) is 0 Å². The topological polar surface area (TPSA) is 12.0 Å². The van der Waals surface area contributed by atoms with E-state index in [4.69, 9.17) is 23.2 Å². The molecule has 2 rings (SSSR count). The van der Waals surface area contributed by atoms with Crippen LogP contribution in [-0.4, -0.2) is 0 Å². The summed E-state index contributed by atoms with van der Waals surface area (Å²) in [4.78, 5) is 0. The van der Waals surface area contributed by atoms with Crippen LogP contribution < -0.4 is 5.32 Å². The third-order valence-electron chi connectivity index (χ3n) is 3.13. The van der Waals surface area contributed by atoms with E-state index < -0.39 is 0 Å². The second-order valence-corrected chi connectivity index (χ2v) is 5.49. The van der Waals surface area contributed by atoms with Crippen LogP contribution >= 0.6 is 23.2 Å². The summed E-state index contributed by atoms with van der Waals surface area (Å²) in [5, 5.41) is 4.69. The van der Waals surface area contributed by atoms with Crippen LogP contribution in [0, 0.1) is 0 Å². The Hall–Kier alpha value is -1.18. The number of rotatable bonds is 4. The monoisotopic (exact) mass is 293 g/mol. The van der Waals surface area contributed by atoms with Gasteiger partial charge in [-0.05, 0) is 42.7 Å². The molecule has 0 saturated heterocycles. The minimum atomic E-state index is 0.209. The summed E-state index contributed by atoms with van der Waals surface area (Å²) in [6.07, 6.45) is 1.06. The lowest BCUT2D eigenvalue weighted by Crippen LogP contribution is -2.06. The first-order chi connectivity index (χ1) is 9.08. The van der Waals surface area contributed by atoms with Gasteiger partial charge in [-0.1, -0.05) is 54.4 Å². The molecule has 0 aromatic heterocycles. The van der Waals surface area contributed by atoms with E-state index >= 15 is 0 Å². The summed E-state index contributed by atoms with van der Waals surface area (Å²) in [7, 11) is 0. The fourth-order valence-electron chi connectivity index (χ4n) is 2.01. The number of aryl methyl sites for hydroxylation is 1. The maximum Gasteiger partial charge on any atom is 0.0485 e. The highest BCUT2D eigenvalue weighted by Gasteiger charge is 2.06. The molecular weight excluding hydrogens is 277 g/mol. The van der Waals surface area contributed by atoms with E-state index in [0.717, 1.165) is 12.1 Å². The lowest BCUT2D eigenvalue weighted by Gasteiger charge is -2.16. The molecule has 3 heteroatoms. The highest BCUT2D eigenvalue weighted by atomic mass is 35.5. The van der Waals surface area contributed by atoms with E-state index in [-0.39, 0.29) is 6.04 Å². The van der Waals surface area contributed by atoms with Gasteiger partial charge in [0.15, 0.2) is 0 Å². The van der Waals surface area contributed by atoms with Gasteiger partial charge in [0.25, 0.3) is 0 Å². The number of nitrogens with one attached hydrogen (secondary N) is 1. The van der Waals surface area contributed by atoms with Crippen LogP contribution in [0.3, 0.4) is 0 Å². The third kappa shape index (κ3) is 3.89. The van der Waals surface area contributed by atoms with Crippen molar-refractivity contribution >= 4 is 28.9 Å². The molecule has 0 saturated carbocycles. The van der Waals surface area contributed by atoms with Crippen molar-refractivity contribution in [2.24, 2.45) is 0 Å². The van der Waals surface area contributed by atoms with Crippen molar-refractivity contribution in [2.75, 3.05) is 5.32 Å². The first-order valence-electron chi connectivity index (χ1n) is 6.40. The van der Waals surface area contributed by atoms with E-state index in [9.17, 15) is 0 Å². The summed E-state index contributed by atoms with van der Waals surface area (Å²) >= 11 is 12.0. The SMILES string of the molecule is CCc1ccc(C(C)Nc2cc(Cl)cc(Cl)c2)cc1. The molecule has 0 amide bonds. The number of benzene rings is 2. The largest absolute Gasteiger partial charge is 0.378 e. The fourth-order valence-corrected chi connectivity index (χ4v) is 2.54. The molecule has 19 heavy (non-hydrogen) atoms. The Morgan fingerprint density at radius 1 is 1.00 bits per heavy atom. The molecule has 0 spiro atoms. The van der Waals surface area contributed by atoms with Gasteiger partial charge in [0.2, 0.25) is 0 Å². The van der Waals surface area contributed by atoms with Gasteiger partial charge in [0.1, 0.15) is 0 Å². The van der Waals surface area contributed by atoms with Gasteiger partial charge in [-0.2, -0.15) is 0 Å². The fraction of sp³-hybridized carbons (Fsp3) is 0.250. The summed E-state index contributed by atoms with van der Waals surface area (Å²) in [6, 6.07) is 14.3. The van der Waals surface area contributed by atoms with E-state index in [1.165, 1.54) is 11.1 Å². The van der Waals surface area contributed by atoms with E-state index in [2.05, 4.69) is 43.4 Å². The molecule has 0 aliphatic rings. The van der Waals surface area contributed by atoms with Crippen LogP contribution in [0.25, 0.3) is 0 Å². The maximum atomic E-state index is 5.99. The Balaban J connectivity index is 2.13. The number of anilines is 1. The van der Waals surface area contributed by atoms with Crippen molar-refractivity contribution < 1.29 is 0 Å². The lowest BCUT2D eigenvalue weighted by molar-refractivity contribution is 0.883. The van der Waals surface area contributed by atoms with E-state index in [0.29, 0.717) is 10.0 Å². The van der Waals surface area contributed by atoms with Crippen LogP contribution in [-0.2, 0) is 6.42 Å². The molecule has 0 aliphatic heterocycles. The van der Waals surface area contributed by atoms with Crippen LogP contribution in [0.15, 0.2) is 42.5 Å². The molecule has 100 valence electrons. The van der Waals surface area contributed by atoms with Crippen molar-refractivity contribution in [3.05, 3.63) is 63.6 Å². The van der Waals surface area contributed by atoms with Crippen molar-refractivity contribution in [3.8, 4) is 0 Å². The van der Waals surface area contributed by atoms with Gasteiger partial charge < -0.3 is 5.32 Å². The van der Waals surface area contributed by atoms with E-state index in [1.54, 1.807) is 6.07 Å². The molecule has 1 N–H and O–H groups in total. The van der Waals surface area contributed by atoms with Crippen LogP contribution in [0.1, 0.15) is 31.0 Å². The summed E-state index contributed by atoms with van der Waals surface area (Å²) < 4.78 is 0. The summed E-state index contributed by atoms with van der Waals surface area (Å²) in [5.41, 5.74) is 3.53. The minimum absolute atomic E-state index is 0.209. The molecule has 0 fully saturated rings. The number of halogens is 2. The maximum absolute atomic E-state index is 5.99. The number of hydrogen-bond acceptors (Lipinski definition) is 1. The van der Waals surface area contributed by atoms with Gasteiger partial charge in [0, 0.05) is 21.8 Å². The minimum Gasteiger partial charge on any atom is -0.378 e. The standard InChI is InChI=1S/C16H17Cl2N/c1-3-12-4-6-13(7-5-12)11(2)19-16-9-14(17)8-15(18)10-16/h4-11,19H,3H2,1-2H3. The second kappa shape index (κ2) is 6.31. The first kappa shape index (κ1) is 14.2. The summed E-state index contributed by atoms with van der Waals surface area (Å²) in [5.74, 6) is 0. The Morgan fingerprint density at radius 2 is 1.58 bits per heavy atom. The number of hydrogen-bond donors (Lipinski definition) is 1. The van der Waals surface area contributed by atoms with Crippen molar-refractivity contribution in [1.29, 1.82) is 0 Å². The molecule has 2 aromatic carbocycles. The van der Waals surface area contributed by atoms with Crippen molar-refractivity contribution in [3.63, 3.8) is 0 Å². The predicted octanol–water partition coefficient (Wildman–Crippen LogP) is 5.73. The lowest BCUT2D eigenvalue weighted by atomic mass is 10.0. The third-order valence-corrected chi connectivity index (χ3v) is 3.57. The van der Waals surface area contributed by atoms with Crippen LogP contribution in [0.5, 0.6) is 0 Å². The predicted molar refractivity (Wildman–Crippen MR) is 84.3 cm³/mol. The quantitative estimate of drug-likeness (QED) is 0.759. The second-order valence-electron chi connectivity index (χ2n) is 4.62. The van der Waals surface area contributed by atoms with Gasteiger partial charge in [-0.15, -0.1) is 0 Å². The molecular formula is C16H17Cl2N. The van der Waals surface area contributed by atoms with Crippen LogP contribution in [0.2, 0.25) is 10.0 Å². The average molecular weight is 294 g/mol. The highest BCUT2D eigenvalue weighted by Crippen LogP contribution is 2.26. The normalized spacial score (nSPS) is 12.2. The molecule has 1 nitrogen and oxygen atoms in total. The van der Waals surface area contributed by atoms with Gasteiger partial charge in [-0.25, -0.2) is 0 Å². The molecule has 1 atom stereocenters. The van der Waals surface area contributed by atoms with Crippen molar-refractivity contribution in [2.45, 2.75) is 26.3 Å². The summed E-state index contributed by atoms with van der Waals surface area (Å²) in [6.45, 7) is 4.28. The average Bonchev–Trinajstić information content (AvgIpc) is 2.37. The zero-order valence-electron chi connectivity index (χ0n) is 11.1. The highest BCUT2D eigenvalue weighted by molar-refractivity contribution is 6.35. The molecule has 0 heterocycles. The first-order valence-corrected chi connectivity index (χ1v) is 7.15. The Labute approximate surface area is 124 Å². The molecule has 2 aromatic rings. The van der Waals surface area contributed by atoms with E-state index in [1.807, 2.05) is 12.1 Å². The van der Waals surface area contributed by atoms with Gasteiger partial charge >= 0.3 is 0 Å². The zero-order valence-corrected chi connectivity index (χ0v) is 12.6. The Morgan fingerprint density at radius 3 is 2.11 bits per heavy atom. The Kier molecular flexibility index (Phi) is 4.73. The van der Waals surface area contributed by atoms with Gasteiger partial charge in [0.05, 0.1) is 0 Å². The molecule has 0 bridgehead atoms. The Bertz CT molecular complexity index is 529. The van der Waals surface area contributed by atoms with Crippen LogP contribution in [0.4, 0.5) is 5.69 Å². The van der Waals surface area contributed by atoms with Gasteiger partial charge in [-0.3, -0.25) is 0 Å². The molecule has 0 radical (unpaired) electrons. The zero-order chi connectivity index (χ0) is 13.8. The molecule has 1 unspecified atom stereocenters. The molecule has 0 aliphatic carbocycles.